The predicted octanol–water partition coefficient (Wildman–Crippen LogP) is 8.05. The molecular formula is C44H50N4O10S2. The summed E-state index contributed by atoms with van der Waals surface area (Å²) in [6.07, 6.45) is 2.83. The minimum Gasteiger partial charge on any atom is -0.478 e. The number of hydrogen-bond donors (Lipinski definition) is 4. The summed E-state index contributed by atoms with van der Waals surface area (Å²) < 4.78 is 54.2. The Kier molecular flexibility index (Phi) is 16.6. The van der Waals surface area contributed by atoms with Gasteiger partial charge in [0.15, 0.2) is 0 Å². The van der Waals surface area contributed by atoms with Crippen LogP contribution in [0.15, 0.2) is 119 Å². The molecule has 0 aromatic heterocycles. The summed E-state index contributed by atoms with van der Waals surface area (Å²) in [5, 5.41) is 25.5. The Hall–Kier alpha value is -5.94. The van der Waals surface area contributed by atoms with E-state index in [2.05, 4.69) is 10.6 Å². The van der Waals surface area contributed by atoms with Gasteiger partial charge in [0.1, 0.15) is 0 Å². The first-order chi connectivity index (χ1) is 28.6. The van der Waals surface area contributed by atoms with Crippen LogP contribution in [0.4, 0.5) is 11.4 Å². The normalized spacial score (nSPS) is 11.5. The van der Waals surface area contributed by atoms with Crippen LogP contribution in [0, 0.1) is 0 Å². The number of para-hydroxylation sites is 1. The smallest absolute Gasteiger partial charge is 0.337 e. The number of carbonyl (C=O) groups excluding carboxylic acids is 2. The summed E-state index contributed by atoms with van der Waals surface area (Å²) >= 11 is 0. The average Bonchev–Trinajstić information content (AvgIpc) is 3.23. The lowest BCUT2D eigenvalue weighted by molar-refractivity contribution is 0.0687. The van der Waals surface area contributed by atoms with E-state index in [1.54, 1.807) is 24.3 Å². The van der Waals surface area contributed by atoms with Crippen molar-refractivity contribution in [1.82, 2.24) is 8.61 Å². The Labute approximate surface area is 351 Å². The van der Waals surface area contributed by atoms with E-state index in [1.165, 1.54) is 75.3 Å². The molecule has 2 amide bonds. The Morgan fingerprint density at radius 2 is 0.850 bits per heavy atom. The molecule has 0 aliphatic carbocycles. The van der Waals surface area contributed by atoms with Crippen LogP contribution in [0.2, 0.25) is 0 Å². The summed E-state index contributed by atoms with van der Waals surface area (Å²) in [6, 6.07) is 27.8. The lowest BCUT2D eigenvalue weighted by Gasteiger charge is -2.21. The molecule has 0 atom stereocenters. The van der Waals surface area contributed by atoms with Crippen molar-refractivity contribution >= 4 is 65.9 Å². The fraction of sp³-hybridized carbons (Fsp3) is 0.273. The first-order valence-electron chi connectivity index (χ1n) is 19.5. The second kappa shape index (κ2) is 21.4. The predicted molar refractivity (Wildman–Crippen MR) is 232 cm³/mol. The number of aromatic carboxylic acids is 2. The molecule has 5 rings (SSSR count). The van der Waals surface area contributed by atoms with Crippen LogP contribution in [0.5, 0.6) is 0 Å². The van der Waals surface area contributed by atoms with Crippen LogP contribution in [0.3, 0.4) is 0 Å². The highest BCUT2D eigenvalue weighted by Gasteiger charge is 2.25. The maximum atomic E-state index is 12.9. The number of nitrogens with zero attached hydrogens (tertiary/aromatic N) is 2. The Morgan fingerprint density at radius 3 is 1.25 bits per heavy atom. The van der Waals surface area contributed by atoms with Gasteiger partial charge < -0.3 is 20.8 Å². The van der Waals surface area contributed by atoms with Gasteiger partial charge in [-0.25, -0.2) is 26.4 Å². The molecule has 60 heavy (non-hydrogen) atoms. The van der Waals surface area contributed by atoms with Gasteiger partial charge in [-0.3, -0.25) is 9.59 Å². The monoisotopic (exact) mass is 858 g/mol. The molecule has 5 aromatic carbocycles. The molecule has 0 fully saturated rings. The van der Waals surface area contributed by atoms with E-state index in [9.17, 15) is 46.2 Å². The summed E-state index contributed by atoms with van der Waals surface area (Å²) in [5.74, 6) is -3.34. The van der Waals surface area contributed by atoms with Crippen molar-refractivity contribution in [3.8, 4) is 0 Å². The molecular weight excluding hydrogens is 809 g/mol. The minimum atomic E-state index is -3.65. The minimum absolute atomic E-state index is 0.0222. The van der Waals surface area contributed by atoms with Gasteiger partial charge in [0.2, 0.25) is 20.0 Å². The summed E-state index contributed by atoms with van der Waals surface area (Å²) in [6.45, 7) is 9.40. The van der Waals surface area contributed by atoms with Gasteiger partial charge in [0.05, 0.1) is 32.3 Å². The number of sulfonamides is 2. The van der Waals surface area contributed by atoms with Crippen LogP contribution in [0.1, 0.15) is 94.8 Å². The Bertz CT molecular complexity index is 2510. The molecule has 5 aromatic rings. The number of anilines is 2. The molecule has 0 spiro atoms. The van der Waals surface area contributed by atoms with E-state index in [0.29, 0.717) is 51.9 Å². The van der Waals surface area contributed by atoms with Crippen molar-refractivity contribution in [3.05, 3.63) is 131 Å². The Balaban J connectivity index is 0.000000267. The maximum Gasteiger partial charge on any atom is 0.337 e. The molecule has 4 N–H and O–H groups in total. The topological polar surface area (TPSA) is 208 Å². The van der Waals surface area contributed by atoms with Crippen LogP contribution in [-0.2, 0) is 20.0 Å². The summed E-state index contributed by atoms with van der Waals surface area (Å²) in [7, 11) is -7.27. The number of nitrogens with one attached hydrogen (secondary N) is 2. The van der Waals surface area contributed by atoms with Crippen LogP contribution >= 0.6 is 0 Å². The van der Waals surface area contributed by atoms with Crippen LogP contribution in [-0.4, -0.2) is 85.6 Å². The second-order valence-corrected chi connectivity index (χ2v) is 17.5. The van der Waals surface area contributed by atoms with Gasteiger partial charge in [0.25, 0.3) is 11.8 Å². The second-order valence-electron chi connectivity index (χ2n) is 13.7. The molecule has 0 saturated heterocycles. The third-order valence-corrected chi connectivity index (χ3v) is 13.0. The highest BCUT2D eigenvalue weighted by molar-refractivity contribution is 7.89. The zero-order valence-corrected chi connectivity index (χ0v) is 35.6. The molecule has 0 aliphatic rings. The number of carboxylic acids is 2. The number of rotatable bonds is 18. The zero-order chi connectivity index (χ0) is 44.0. The SMILES string of the molecule is CCCN(CCC)S(=O)(=O)c1ccc(C(=O)Nc2cc3ccccc3cc2C(=O)O)cc1.CCCN(CCC)S(=O)(=O)c1ccc(C(=O)Nc2ccccc2C(=O)O)cc1. The highest BCUT2D eigenvalue weighted by Crippen LogP contribution is 2.26. The van der Waals surface area contributed by atoms with Crippen molar-refractivity contribution in [3.63, 3.8) is 0 Å². The number of carboxylic acid groups (broad SMARTS) is 2. The van der Waals surface area contributed by atoms with Crippen LogP contribution < -0.4 is 10.6 Å². The van der Waals surface area contributed by atoms with E-state index in [1.807, 2.05) is 45.9 Å². The molecule has 0 radical (unpaired) electrons. The van der Waals surface area contributed by atoms with Crippen LogP contribution in [0.25, 0.3) is 10.8 Å². The molecule has 0 aliphatic heterocycles. The molecule has 16 heteroatoms. The molecule has 0 saturated carbocycles. The van der Waals surface area contributed by atoms with Crippen molar-refractivity contribution in [2.24, 2.45) is 0 Å². The quantitative estimate of drug-likeness (QED) is 0.0667. The number of carbonyl (C=O) groups is 4. The molecule has 0 unspecified atom stereocenters. The lowest BCUT2D eigenvalue weighted by atomic mass is 10.0. The van der Waals surface area contributed by atoms with Gasteiger partial charge in [-0.1, -0.05) is 64.1 Å². The van der Waals surface area contributed by atoms with Crippen molar-refractivity contribution in [2.75, 3.05) is 36.8 Å². The lowest BCUT2D eigenvalue weighted by Crippen LogP contribution is -2.32. The first-order valence-corrected chi connectivity index (χ1v) is 22.4. The Morgan fingerprint density at radius 1 is 0.483 bits per heavy atom. The number of hydrogen-bond acceptors (Lipinski definition) is 8. The number of fused-ring (bicyclic) bond motifs is 1. The van der Waals surface area contributed by atoms with Crippen molar-refractivity contribution in [1.29, 1.82) is 0 Å². The molecule has 14 nitrogen and oxygen atoms in total. The van der Waals surface area contributed by atoms with E-state index in [4.69, 9.17) is 0 Å². The van der Waals surface area contributed by atoms with E-state index in [-0.39, 0.29) is 43.4 Å². The standard InChI is InChI=1S/C24H26N2O5S.C20H24N2O5S/c1-3-13-26(14-4-2)32(30,31)20-11-9-17(10-12-20)23(27)25-22-16-19-8-6-5-7-18(19)15-21(22)24(28)29;1-3-13-22(14-4-2)28(26,27)16-11-9-15(10-12-16)19(23)21-18-8-6-5-7-17(18)20(24)25/h5-12,15-16H,3-4,13-14H2,1-2H3,(H,25,27)(H,28,29);5-12H,3-4,13-14H2,1-2H3,(H,21,23)(H,24,25). The number of amides is 2. The van der Waals surface area contributed by atoms with E-state index < -0.39 is 43.8 Å². The molecule has 0 bridgehead atoms. The zero-order valence-electron chi connectivity index (χ0n) is 33.9. The third-order valence-electron chi connectivity index (χ3n) is 9.17. The molecule has 0 heterocycles. The largest absolute Gasteiger partial charge is 0.478 e. The van der Waals surface area contributed by atoms with E-state index >= 15 is 0 Å². The van der Waals surface area contributed by atoms with Gasteiger partial charge in [-0.05, 0) is 109 Å². The molecule has 318 valence electrons. The van der Waals surface area contributed by atoms with Gasteiger partial charge in [-0.15, -0.1) is 0 Å². The first kappa shape index (κ1) is 46.7. The average molecular weight is 859 g/mol. The third kappa shape index (κ3) is 11.6. The van der Waals surface area contributed by atoms with Gasteiger partial charge >= 0.3 is 11.9 Å². The fourth-order valence-corrected chi connectivity index (χ4v) is 9.49. The summed E-state index contributed by atoms with van der Waals surface area (Å²) in [5.41, 5.74) is 0.766. The van der Waals surface area contributed by atoms with E-state index in [0.717, 1.165) is 10.8 Å². The van der Waals surface area contributed by atoms with Crippen molar-refractivity contribution in [2.45, 2.75) is 63.2 Å². The van der Waals surface area contributed by atoms with Gasteiger partial charge in [-0.2, -0.15) is 8.61 Å². The highest BCUT2D eigenvalue weighted by atomic mass is 32.2. The van der Waals surface area contributed by atoms with Crippen molar-refractivity contribution < 1.29 is 46.2 Å². The fourth-order valence-electron chi connectivity index (χ4n) is 6.24. The summed E-state index contributed by atoms with van der Waals surface area (Å²) in [4.78, 5) is 48.4. The maximum absolute atomic E-state index is 12.9. The number of benzene rings is 5. The van der Waals surface area contributed by atoms with Gasteiger partial charge in [0, 0.05) is 37.3 Å².